The normalized spacial score (nSPS) is 7.82. The maximum Gasteiger partial charge on any atom is 0.0598 e. The van der Waals surface area contributed by atoms with Crippen LogP contribution in [0.1, 0.15) is 34.1 Å². The van der Waals surface area contributed by atoms with Crippen molar-refractivity contribution >= 4 is 0 Å². The third-order valence-electron chi connectivity index (χ3n) is 1.19. The van der Waals surface area contributed by atoms with E-state index in [1.165, 1.54) is 0 Å². The Bertz CT molecular complexity index is 108. The number of hydrogen-bond donors (Lipinski definition) is 0. The van der Waals surface area contributed by atoms with Crippen molar-refractivity contribution in [2.45, 2.75) is 34.1 Å². The zero-order valence-corrected chi connectivity index (χ0v) is 8.57. The highest BCUT2D eigenvalue weighted by molar-refractivity contribution is 4.99. The van der Waals surface area contributed by atoms with Gasteiger partial charge in [0, 0.05) is 6.42 Å². The lowest BCUT2D eigenvalue weighted by molar-refractivity contribution is 0.398. The van der Waals surface area contributed by atoms with E-state index in [1.807, 2.05) is 13.8 Å². The molecule has 0 radical (unpaired) electrons. The van der Waals surface area contributed by atoms with Gasteiger partial charge in [-0.1, -0.05) is 33.6 Å². The molecule has 0 aromatic heterocycles. The van der Waals surface area contributed by atoms with Crippen molar-refractivity contribution in [1.82, 2.24) is 4.90 Å². The molecule has 66 valence electrons. The van der Waals surface area contributed by atoms with Gasteiger partial charge in [-0.3, -0.25) is 4.90 Å². The van der Waals surface area contributed by atoms with Crippen molar-refractivity contribution < 1.29 is 0 Å². The van der Waals surface area contributed by atoms with Gasteiger partial charge in [0.2, 0.25) is 0 Å². The topological polar surface area (TPSA) is 3.24 Å². The maximum atomic E-state index is 3.06. The molecule has 0 aromatic carbocycles. The molecule has 0 unspecified atom stereocenters. The largest absolute Gasteiger partial charge is 0.296 e. The number of hydrogen-bond acceptors (Lipinski definition) is 1. The summed E-state index contributed by atoms with van der Waals surface area (Å²) in [6, 6.07) is 0. The average Bonchev–Trinajstić information content (AvgIpc) is 2.08. The Morgan fingerprint density at radius 2 is 1.64 bits per heavy atom. The third-order valence-corrected chi connectivity index (χ3v) is 1.19. The second kappa shape index (κ2) is 12.2. The monoisotopic (exact) mass is 155 g/mol. The summed E-state index contributed by atoms with van der Waals surface area (Å²) in [6.07, 6.45) is 0.970. The summed E-state index contributed by atoms with van der Waals surface area (Å²) in [5.41, 5.74) is 0. The molecule has 0 amide bonds. The summed E-state index contributed by atoms with van der Waals surface area (Å²) in [7, 11) is 2.07. The van der Waals surface area contributed by atoms with Gasteiger partial charge in [0.1, 0.15) is 0 Å². The Balaban J connectivity index is 0. The van der Waals surface area contributed by atoms with Crippen LogP contribution in [0, 0.1) is 11.8 Å². The summed E-state index contributed by atoms with van der Waals surface area (Å²) in [6.45, 7) is 10.2. The standard InChI is InChI=1S/C8H15N.C2H6/c1-4-6-7-8-9(3)5-2;1-2/h4-5,8H2,1-3H3;1-2H3. The summed E-state index contributed by atoms with van der Waals surface area (Å²) >= 11 is 0. The Morgan fingerprint density at radius 1 is 1.09 bits per heavy atom. The lowest BCUT2D eigenvalue weighted by atomic mass is 10.4. The molecule has 0 aliphatic rings. The Hall–Kier alpha value is -0.480. The molecular formula is C10H21N. The van der Waals surface area contributed by atoms with E-state index in [-0.39, 0.29) is 0 Å². The van der Waals surface area contributed by atoms with Gasteiger partial charge in [-0.25, -0.2) is 0 Å². The molecule has 0 fully saturated rings. The molecule has 11 heavy (non-hydrogen) atoms. The van der Waals surface area contributed by atoms with Gasteiger partial charge >= 0.3 is 0 Å². The van der Waals surface area contributed by atoms with Crippen LogP contribution in [0.5, 0.6) is 0 Å². The first-order valence-corrected chi connectivity index (χ1v) is 4.45. The Kier molecular flexibility index (Phi) is 14.6. The minimum absolute atomic E-state index is 0.907. The zero-order valence-electron chi connectivity index (χ0n) is 8.57. The summed E-state index contributed by atoms with van der Waals surface area (Å²) in [5, 5.41) is 0. The summed E-state index contributed by atoms with van der Waals surface area (Å²) in [4.78, 5) is 2.18. The van der Waals surface area contributed by atoms with Crippen molar-refractivity contribution in [2.75, 3.05) is 20.1 Å². The molecule has 1 heteroatoms. The third kappa shape index (κ3) is 12.7. The average molecular weight is 155 g/mol. The van der Waals surface area contributed by atoms with Gasteiger partial charge < -0.3 is 0 Å². The molecule has 0 heterocycles. The molecule has 0 spiro atoms. The summed E-state index contributed by atoms with van der Waals surface area (Å²) < 4.78 is 0. The van der Waals surface area contributed by atoms with Crippen LogP contribution in [0.3, 0.4) is 0 Å². The van der Waals surface area contributed by atoms with E-state index < -0.39 is 0 Å². The van der Waals surface area contributed by atoms with Gasteiger partial charge in [-0.2, -0.15) is 0 Å². The molecule has 0 rings (SSSR count). The first kappa shape index (κ1) is 13.1. The van der Waals surface area contributed by atoms with Crippen LogP contribution in [0.15, 0.2) is 0 Å². The second-order valence-electron chi connectivity index (χ2n) is 2.04. The molecule has 0 aromatic rings. The van der Waals surface area contributed by atoms with E-state index in [0.717, 1.165) is 19.5 Å². The van der Waals surface area contributed by atoms with Crippen LogP contribution in [-0.4, -0.2) is 25.0 Å². The van der Waals surface area contributed by atoms with Crippen molar-refractivity contribution in [3.63, 3.8) is 0 Å². The predicted molar refractivity (Wildman–Crippen MR) is 52.6 cm³/mol. The van der Waals surface area contributed by atoms with E-state index in [9.17, 15) is 0 Å². The first-order chi connectivity index (χ1) is 5.31. The van der Waals surface area contributed by atoms with E-state index >= 15 is 0 Å². The van der Waals surface area contributed by atoms with Gasteiger partial charge in [0.05, 0.1) is 6.54 Å². The van der Waals surface area contributed by atoms with Gasteiger partial charge in [-0.05, 0) is 13.6 Å². The highest BCUT2D eigenvalue weighted by Gasteiger charge is 1.85. The lowest BCUT2D eigenvalue weighted by Crippen LogP contribution is -2.17. The minimum Gasteiger partial charge on any atom is -0.296 e. The molecule has 0 N–H and O–H groups in total. The Morgan fingerprint density at radius 3 is 2.00 bits per heavy atom. The number of nitrogens with zero attached hydrogens (tertiary/aromatic N) is 1. The SMILES string of the molecule is CC.CCC#CCN(C)CC. The van der Waals surface area contributed by atoms with Crippen LogP contribution in [0.4, 0.5) is 0 Å². The number of rotatable bonds is 2. The van der Waals surface area contributed by atoms with Crippen molar-refractivity contribution in [3.8, 4) is 11.8 Å². The van der Waals surface area contributed by atoms with Gasteiger partial charge in [0.15, 0.2) is 0 Å². The molecule has 0 saturated carbocycles. The zero-order chi connectivity index (χ0) is 9.11. The van der Waals surface area contributed by atoms with Crippen LogP contribution >= 0.6 is 0 Å². The van der Waals surface area contributed by atoms with Gasteiger partial charge in [0.25, 0.3) is 0 Å². The van der Waals surface area contributed by atoms with Crippen molar-refractivity contribution in [3.05, 3.63) is 0 Å². The maximum absolute atomic E-state index is 3.06. The molecule has 0 aliphatic carbocycles. The van der Waals surface area contributed by atoms with Crippen molar-refractivity contribution in [2.24, 2.45) is 0 Å². The van der Waals surface area contributed by atoms with Crippen LogP contribution in [0.2, 0.25) is 0 Å². The van der Waals surface area contributed by atoms with Crippen LogP contribution in [-0.2, 0) is 0 Å². The predicted octanol–water partition coefficient (Wildman–Crippen LogP) is 2.38. The minimum atomic E-state index is 0.907. The second-order valence-corrected chi connectivity index (χ2v) is 2.04. The highest BCUT2D eigenvalue weighted by atomic mass is 15.1. The van der Waals surface area contributed by atoms with Gasteiger partial charge in [-0.15, -0.1) is 5.92 Å². The fourth-order valence-corrected chi connectivity index (χ4v) is 0.428. The van der Waals surface area contributed by atoms with E-state index in [1.54, 1.807) is 0 Å². The van der Waals surface area contributed by atoms with E-state index in [4.69, 9.17) is 0 Å². The molecule has 0 saturated heterocycles. The van der Waals surface area contributed by atoms with Crippen LogP contribution in [0.25, 0.3) is 0 Å². The quantitative estimate of drug-likeness (QED) is 0.553. The fourth-order valence-electron chi connectivity index (χ4n) is 0.428. The summed E-state index contributed by atoms with van der Waals surface area (Å²) in [5.74, 6) is 6.08. The molecule has 0 bridgehead atoms. The molecule has 0 aliphatic heterocycles. The van der Waals surface area contributed by atoms with Crippen LogP contribution < -0.4 is 0 Å². The fraction of sp³-hybridized carbons (Fsp3) is 0.800. The van der Waals surface area contributed by atoms with E-state index in [0.29, 0.717) is 0 Å². The molecule has 0 atom stereocenters. The van der Waals surface area contributed by atoms with Crippen molar-refractivity contribution in [1.29, 1.82) is 0 Å². The molecular weight excluding hydrogens is 134 g/mol. The smallest absolute Gasteiger partial charge is 0.0598 e. The first-order valence-electron chi connectivity index (χ1n) is 4.45. The lowest BCUT2D eigenvalue weighted by Gasteiger charge is -2.07. The Labute approximate surface area is 71.8 Å². The van der Waals surface area contributed by atoms with E-state index in [2.05, 4.69) is 37.6 Å². The highest BCUT2D eigenvalue weighted by Crippen LogP contribution is 1.77. The molecule has 1 nitrogen and oxygen atoms in total.